The van der Waals surface area contributed by atoms with Gasteiger partial charge < -0.3 is 89.9 Å². The van der Waals surface area contributed by atoms with Crippen molar-refractivity contribution in [3.63, 3.8) is 0 Å². The Labute approximate surface area is 468 Å². The molecule has 450 valence electrons. The van der Waals surface area contributed by atoms with Crippen LogP contribution >= 0.6 is 0 Å². The van der Waals surface area contributed by atoms with Crippen LogP contribution < -0.4 is 5.32 Å². The number of carbonyl (C=O) groups is 1. The number of rotatable bonds is 39. The van der Waals surface area contributed by atoms with Crippen LogP contribution in [0.4, 0.5) is 0 Å². The summed E-state index contributed by atoms with van der Waals surface area (Å²) in [5, 5.41) is 119. The third-order valence-corrected chi connectivity index (χ3v) is 13.6. The topological polar surface area (TPSA) is 307 Å². The second kappa shape index (κ2) is 42.3. The van der Waals surface area contributed by atoms with Gasteiger partial charge in [0.25, 0.3) is 0 Å². The number of nitrogens with one attached hydrogen (secondary N) is 1. The fourth-order valence-electron chi connectivity index (χ4n) is 8.86. The number of ether oxygens (including phenoxy) is 6. The minimum atomic E-state index is -1.98. The van der Waals surface area contributed by atoms with E-state index >= 15 is 0 Å². The Hall–Kier alpha value is -3.55. The van der Waals surface area contributed by atoms with Crippen molar-refractivity contribution in [1.29, 1.82) is 0 Å². The lowest BCUT2D eigenvalue weighted by atomic mass is 9.96. The third-order valence-electron chi connectivity index (χ3n) is 13.6. The molecule has 0 spiro atoms. The number of hydrogen-bond acceptors (Lipinski definition) is 18. The Bertz CT molecular complexity index is 1870. The zero-order valence-electron chi connectivity index (χ0n) is 46.5. The molecule has 1 amide bonds. The first-order valence-corrected chi connectivity index (χ1v) is 28.6. The molecule has 19 nitrogen and oxygen atoms in total. The molecule has 0 saturated carbocycles. The second-order valence-corrected chi connectivity index (χ2v) is 20.0. The molecule has 3 rings (SSSR count). The zero-order chi connectivity index (χ0) is 57.6. The predicted molar refractivity (Wildman–Crippen MR) is 300 cm³/mol. The number of allylic oxidation sites excluding steroid dienone is 17. The molecular weight excluding hydrogens is 1020 g/mol. The Kier molecular flexibility index (Phi) is 37.3. The summed E-state index contributed by atoms with van der Waals surface area (Å²) >= 11 is 0. The fourth-order valence-corrected chi connectivity index (χ4v) is 8.86. The summed E-state index contributed by atoms with van der Waals surface area (Å²) < 4.78 is 33.9. The van der Waals surface area contributed by atoms with Gasteiger partial charge in [-0.3, -0.25) is 4.79 Å². The summed E-state index contributed by atoms with van der Waals surface area (Å²) in [5.41, 5.74) is 0. The highest BCUT2D eigenvalue weighted by Gasteiger charge is 2.53. The molecule has 79 heavy (non-hydrogen) atoms. The fraction of sp³-hybridized carbons (Fsp3) is 0.683. The molecule has 0 aromatic rings. The van der Waals surface area contributed by atoms with Gasteiger partial charge in [-0.05, 0) is 77.0 Å². The van der Waals surface area contributed by atoms with E-state index in [0.717, 1.165) is 96.3 Å². The highest BCUT2D eigenvalue weighted by molar-refractivity contribution is 5.76. The van der Waals surface area contributed by atoms with E-state index in [4.69, 9.17) is 28.4 Å². The normalized spacial score (nSPS) is 31.1. The van der Waals surface area contributed by atoms with E-state index < -0.39 is 124 Å². The highest BCUT2D eigenvalue weighted by Crippen LogP contribution is 2.33. The number of aliphatic hydroxyl groups is 11. The molecule has 3 aliphatic heterocycles. The maximum atomic E-state index is 13.1. The van der Waals surface area contributed by atoms with Crippen molar-refractivity contribution in [2.45, 2.75) is 234 Å². The second-order valence-electron chi connectivity index (χ2n) is 20.0. The van der Waals surface area contributed by atoms with E-state index in [2.05, 4.69) is 109 Å². The summed E-state index contributed by atoms with van der Waals surface area (Å²) in [6.07, 6.45) is 27.9. The SMILES string of the molecule is CC/C=C\C/C=C\C/C=C\C/C=C\C/C=C\C/C=C\C/C=C\C/C=C\CCCCCCCCC(=O)NC(COC1OC(CO)C(OC2OC(CO)C(OC3OC(CO)C(O)C(O)C3O)C(O)C2O)C(O)C1O)C(O)/C=C/CCC. The van der Waals surface area contributed by atoms with Crippen molar-refractivity contribution in [3.05, 3.63) is 109 Å². The monoisotopic (exact) mass is 1120 g/mol. The molecule has 17 atom stereocenters. The van der Waals surface area contributed by atoms with E-state index in [0.29, 0.717) is 12.8 Å². The Morgan fingerprint density at radius 2 is 0.873 bits per heavy atom. The van der Waals surface area contributed by atoms with Crippen molar-refractivity contribution < 1.29 is 89.4 Å². The quantitative estimate of drug-likeness (QED) is 0.0301. The van der Waals surface area contributed by atoms with Crippen LogP contribution in [0.2, 0.25) is 0 Å². The van der Waals surface area contributed by atoms with Crippen LogP contribution in [0.5, 0.6) is 0 Å². The van der Waals surface area contributed by atoms with Gasteiger partial charge >= 0.3 is 0 Å². The van der Waals surface area contributed by atoms with Gasteiger partial charge in [0.05, 0.1) is 38.6 Å². The summed E-state index contributed by atoms with van der Waals surface area (Å²) in [5.74, 6) is -0.310. The molecule has 3 aliphatic rings. The highest BCUT2D eigenvalue weighted by atomic mass is 16.8. The first kappa shape index (κ1) is 69.7. The summed E-state index contributed by atoms with van der Waals surface area (Å²) in [7, 11) is 0. The van der Waals surface area contributed by atoms with E-state index in [1.165, 1.54) is 6.08 Å². The van der Waals surface area contributed by atoms with Crippen LogP contribution in [0.1, 0.15) is 129 Å². The summed E-state index contributed by atoms with van der Waals surface area (Å²) in [6.45, 7) is 1.31. The van der Waals surface area contributed by atoms with Crippen LogP contribution in [-0.4, -0.2) is 193 Å². The standard InChI is InChI=1S/C60H97NO18/c1-3-5-7-8-9-10-11-12-13-14-15-16-17-18-19-20-21-22-23-24-25-26-27-28-29-30-31-32-33-34-36-38-48(66)61-43(44(65)37-35-6-4-2)42-74-58-54(72)51(69)56(46(40-63)76-58)79-60-55(73)52(70)57(47(41-64)77-60)78-59-53(71)50(68)49(67)45(39-62)75-59/h5,7,9-10,12-13,15-16,18-19,21-22,24-25,27-28,35,37,43-47,49-60,62-65,67-73H,3-4,6,8,11,14,17,20,23,26,29-34,36,38-42H2,1-2H3,(H,61,66)/b7-5-,10-9-,13-12-,16-15-,19-18-,22-21-,25-24-,28-27-,37-35+. The lowest BCUT2D eigenvalue weighted by Gasteiger charge is -2.48. The first-order chi connectivity index (χ1) is 38.3. The van der Waals surface area contributed by atoms with E-state index in [-0.39, 0.29) is 18.9 Å². The molecule has 3 heterocycles. The van der Waals surface area contributed by atoms with Crippen molar-refractivity contribution in [2.24, 2.45) is 0 Å². The van der Waals surface area contributed by atoms with Crippen molar-refractivity contribution in [2.75, 3.05) is 26.4 Å². The predicted octanol–water partition coefficient (Wildman–Crippen LogP) is 4.36. The Morgan fingerprint density at radius 3 is 1.34 bits per heavy atom. The van der Waals surface area contributed by atoms with Crippen LogP contribution in [0.3, 0.4) is 0 Å². The van der Waals surface area contributed by atoms with Gasteiger partial charge in [0, 0.05) is 6.42 Å². The number of unbranched alkanes of at least 4 members (excludes halogenated alkanes) is 7. The van der Waals surface area contributed by atoms with Gasteiger partial charge in [-0.2, -0.15) is 0 Å². The summed E-state index contributed by atoms with van der Waals surface area (Å²) in [6, 6.07) is -0.984. The molecule has 3 fully saturated rings. The van der Waals surface area contributed by atoms with Gasteiger partial charge in [-0.1, -0.05) is 155 Å². The van der Waals surface area contributed by atoms with Crippen LogP contribution in [0.15, 0.2) is 109 Å². The van der Waals surface area contributed by atoms with Crippen molar-refractivity contribution >= 4 is 5.91 Å². The Morgan fingerprint density at radius 1 is 0.468 bits per heavy atom. The molecule has 0 radical (unpaired) electrons. The maximum absolute atomic E-state index is 13.1. The lowest BCUT2D eigenvalue weighted by Crippen LogP contribution is -2.66. The average Bonchev–Trinajstić information content (AvgIpc) is 3.55. The largest absolute Gasteiger partial charge is 0.394 e. The third kappa shape index (κ3) is 26.5. The molecule has 3 saturated heterocycles. The smallest absolute Gasteiger partial charge is 0.220 e. The minimum Gasteiger partial charge on any atom is -0.394 e. The van der Waals surface area contributed by atoms with Crippen LogP contribution in [0, 0.1) is 0 Å². The minimum absolute atomic E-state index is 0.215. The average molecular weight is 1120 g/mol. The maximum Gasteiger partial charge on any atom is 0.220 e. The molecule has 12 N–H and O–H groups in total. The molecule has 17 unspecified atom stereocenters. The number of aliphatic hydroxyl groups excluding tert-OH is 11. The molecule has 0 aromatic carbocycles. The van der Waals surface area contributed by atoms with Gasteiger partial charge in [-0.25, -0.2) is 0 Å². The molecule has 19 heteroatoms. The molecule has 0 aliphatic carbocycles. The zero-order valence-corrected chi connectivity index (χ0v) is 46.5. The van der Waals surface area contributed by atoms with Crippen LogP contribution in [-0.2, 0) is 33.2 Å². The van der Waals surface area contributed by atoms with Gasteiger partial charge in [0.2, 0.25) is 5.91 Å². The van der Waals surface area contributed by atoms with Crippen molar-refractivity contribution in [1.82, 2.24) is 5.32 Å². The lowest BCUT2D eigenvalue weighted by molar-refractivity contribution is -0.379. The first-order valence-electron chi connectivity index (χ1n) is 28.6. The van der Waals surface area contributed by atoms with Gasteiger partial charge in [-0.15, -0.1) is 0 Å². The van der Waals surface area contributed by atoms with E-state index in [1.807, 2.05) is 6.92 Å². The van der Waals surface area contributed by atoms with Crippen molar-refractivity contribution in [3.8, 4) is 0 Å². The molecule has 0 bridgehead atoms. The molecular formula is C60H97NO18. The van der Waals surface area contributed by atoms with E-state index in [1.54, 1.807) is 6.08 Å². The molecule has 0 aromatic heterocycles. The van der Waals surface area contributed by atoms with Gasteiger partial charge in [0.15, 0.2) is 18.9 Å². The van der Waals surface area contributed by atoms with E-state index in [9.17, 15) is 61.0 Å². The number of carbonyl (C=O) groups excluding carboxylic acids is 1. The number of amides is 1. The van der Waals surface area contributed by atoms with Gasteiger partial charge in [0.1, 0.15) is 73.2 Å². The van der Waals surface area contributed by atoms with Crippen LogP contribution in [0.25, 0.3) is 0 Å². The summed E-state index contributed by atoms with van der Waals surface area (Å²) in [4.78, 5) is 13.1. The Balaban J connectivity index is 1.33. The number of hydrogen-bond donors (Lipinski definition) is 12.